The summed E-state index contributed by atoms with van der Waals surface area (Å²) in [6.45, 7) is 3.69. The Hall–Kier alpha value is -2.49. The molecular formula is C17H23F2N5O3. The second-order valence-corrected chi connectivity index (χ2v) is 6.92. The van der Waals surface area contributed by atoms with Gasteiger partial charge in [-0.2, -0.15) is 4.68 Å². The van der Waals surface area contributed by atoms with Crippen LogP contribution in [-0.2, 0) is 0 Å². The van der Waals surface area contributed by atoms with Gasteiger partial charge in [-0.15, -0.1) is 0 Å². The molecule has 10 heteroatoms. The predicted octanol–water partition coefficient (Wildman–Crippen LogP) is 0.681. The molecule has 0 amide bonds. The lowest BCUT2D eigenvalue weighted by Crippen LogP contribution is -2.46. The van der Waals surface area contributed by atoms with Crippen LogP contribution in [0.4, 0.5) is 14.6 Å². The van der Waals surface area contributed by atoms with Gasteiger partial charge in [0.1, 0.15) is 6.17 Å². The molecule has 27 heavy (non-hydrogen) atoms. The summed E-state index contributed by atoms with van der Waals surface area (Å²) < 4.78 is 30.5. The number of aromatic nitrogens is 3. The van der Waals surface area contributed by atoms with E-state index in [1.165, 1.54) is 9.47 Å². The third-order valence-corrected chi connectivity index (χ3v) is 5.10. The molecule has 1 aliphatic heterocycles. The summed E-state index contributed by atoms with van der Waals surface area (Å²) in [5.74, 6) is 4.60. The lowest BCUT2D eigenvalue weighted by molar-refractivity contribution is 0.0803. The number of hydrogen-bond acceptors (Lipinski definition) is 6. The molecule has 0 aliphatic carbocycles. The predicted molar refractivity (Wildman–Crippen MR) is 97.7 cm³/mol. The van der Waals surface area contributed by atoms with Crippen LogP contribution in [0, 0.1) is 5.82 Å². The number of anilines is 1. The molecule has 0 bridgehead atoms. The minimum Gasteiger partial charge on any atom is -0.390 e. The quantitative estimate of drug-likeness (QED) is 0.755. The van der Waals surface area contributed by atoms with Gasteiger partial charge in [-0.05, 0) is 32.3 Å². The lowest BCUT2D eigenvalue weighted by Gasteiger charge is -2.25. The van der Waals surface area contributed by atoms with Gasteiger partial charge in [0.05, 0.1) is 18.0 Å². The third kappa shape index (κ3) is 3.29. The van der Waals surface area contributed by atoms with Crippen molar-refractivity contribution >= 4 is 16.9 Å². The highest BCUT2D eigenvalue weighted by Crippen LogP contribution is 2.25. The van der Waals surface area contributed by atoms with Crippen LogP contribution < -0.4 is 22.0 Å². The van der Waals surface area contributed by atoms with Gasteiger partial charge >= 0.3 is 5.69 Å². The topological polar surface area (TPSA) is 106 Å². The highest BCUT2D eigenvalue weighted by molar-refractivity contribution is 5.76. The number of hydrogen-bond donors (Lipinski definition) is 2. The smallest absolute Gasteiger partial charge is 0.351 e. The Kier molecular flexibility index (Phi) is 5.18. The standard InChI is InChI=1S/C17H23F2N5O3/c1-3-9(2)23-14-10(16(26)24(20)17(23)27)7-11(18)15(21-14)22-6-4-5-13(25)12(19)8-22/h7,9,12-13,25H,3-6,8,20H2,1-2H3/t9?,12-,13+/m1/s1. The number of alkyl halides is 1. The van der Waals surface area contributed by atoms with Gasteiger partial charge in [-0.1, -0.05) is 6.92 Å². The zero-order valence-electron chi connectivity index (χ0n) is 15.2. The van der Waals surface area contributed by atoms with Crippen molar-refractivity contribution in [3.05, 3.63) is 32.7 Å². The molecule has 3 heterocycles. The number of nitrogens with zero attached hydrogens (tertiary/aromatic N) is 4. The van der Waals surface area contributed by atoms with E-state index >= 15 is 0 Å². The van der Waals surface area contributed by atoms with Crippen molar-refractivity contribution in [2.45, 2.75) is 51.4 Å². The average Bonchev–Trinajstić information content (AvgIpc) is 2.81. The molecule has 148 valence electrons. The van der Waals surface area contributed by atoms with Crippen LogP contribution >= 0.6 is 0 Å². The van der Waals surface area contributed by atoms with Crippen molar-refractivity contribution < 1.29 is 13.9 Å². The summed E-state index contributed by atoms with van der Waals surface area (Å²) in [4.78, 5) is 30.4. The number of nitrogen functional groups attached to an aromatic ring is 1. The molecule has 0 spiro atoms. The van der Waals surface area contributed by atoms with Gasteiger partial charge in [-0.3, -0.25) is 9.36 Å². The van der Waals surface area contributed by atoms with Crippen LogP contribution in [0.3, 0.4) is 0 Å². The van der Waals surface area contributed by atoms with Crippen molar-refractivity contribution in [2.75, 3.05) is 23.8 Å². The Balaban J connectivity index is 2.25. The largest absolute Gasteiger partial charge is 0.390 e. The summed E-state index contributed by atoms with van der Waals surface area (Å²) in [6, 6.07) is 0.650. The fourth-order valence-corrected chi connectivity index (χ4v) is 3.32. The molecule has 2 aromatic rings. The van der Waals surface area contributed by atoms with E-state index in [0.29, 0.717) is 24.1 Å². The second kappa shape index (κ2) is 7.26. The Morgan fingerprint density at radius 3 is 2.81 bits per heavy atom. The Bertz CT molecular complexity index is 974. The molecule has 8 nitrogen and oxygen atoms in total. The highest BCUT2D eigenvalue weighted by atomic mass is 19.1. The van der Waals surface area contributed by atoms with Crippen LogP contribution in [0.5, 0.6) is 0 Å². The molecule has 3 rings (SSSR count). The first-order chi connectivity index (χ1) is 12.8. The van der Waals surface area contributed by atoms with Crippen LogP contribution in [0.15, 0.2) is 15.7 Å². The maximum Gasteiger partial charge on any atom is 0.351 e. The normalized spacial score (nSPS) is 22.0. The summed E-state index contributed by atoms with van der Waals surface area (Å²) >= 11 is 0. The molecule has 1 aliphatic rings. The summed E-state index contributed by atoms with van der Waals surface area (Å²) in [7, 11) is 0. The van der Waals surface area contributed by atoms with E-state index < -0.39 is 29.3 Å². The first-order valence-corrected chi connectivity index (χ1v) is 8.96. The van der Waals surface area contributed by atoms with Crippen LogP contribution in [0.1, 0.15) is 39.2 Å². The molecule has 1 saturated heterocycles. The van der Waals surface area contributed by atoms with Crippen LogP contribution in [0.25, 0.3) is 11.0 Å². The van der Waals surface area contributed by atoms with E-state index in [0.717, 1.165) is 6.07 Å². The number of fused-ring (bicyclic) bond motifs is 1. The third-order valence-electron chi connectivity index (χ3n) is 5.10. The van der Waals surface area contributed by atoms with Crippen molar-refractivity contribution in [3.8, 4) is 0 Å². The molecule has 1 fully saturated rings. The number of halogens is 2. The van der Waals surface area contributed by atoms with Crippen LogP contribution in [0.2, 0.25) is 0 Å². The zero-order valence-corrected chi connectivity index (χ0v) is 15.2. The molecular weight excluding hydrogens is 360 g/mol. The zero-order chi connectivity index (χ0) is 19.9. The number of nitrogens with two attached hydrogens (primary N) is 1. The average molecular weight is 383 g/mol. The Labute approximate surface area is 153 Å². The van der Waals surface area contributed by atoms with Crippen molar-refractivity contribution in [1.82, 2.24) is 14.2 Å². The molecule has 2 aromatic heterocycles. The summed E-state index contributed by atoms with van der Waals surface area (Å²) in [5, 5.41) is 9.58. The number of pyridine rings is 1. The van der Waals surface area contributed by atoms with Crippen molar-refractivity contribution in [2.24, 2.45) is 0 Å². The van der Waals surface area contributed by atoms with E-state index in [2.05, 4.69) is 4.98 Å². The van der Waals surface area contributed by atoms with E-state index in [1.807, 2.05) is 6.92 Å². The first kappa shape index (κ1) is 19.3. The Morgan fingerprint density at radius 1 is 1.44 bits per heavy atom. The van der Waals surface area contributed by atoms with E-state index in [9.17, 15) is 23.5 Å². The molecule has 0 aromatic carbocycles. The van der Waals surface area contributed by atoms with Gasteiger partial charge in [0.25, 0.3) is 5.56 Å². The van der Waals surface area contributed by atoms with E-state index in [-0.39, 0.29) is 35.9 Å². The number of aliphatic hydroxyl groups is 1. The fourth-order valence-electron chi connectivity index (χ4n) is 3.32. The van der Waals surface area contributed by atoms with Gasteiger partial charge in [0, 0.05) is 12.6 Å². The Morgan fingerprint density at radius 2 is 2.15 bits per heavy atom. The van der Waals surface area contributed by atoms with Gasteiger partial charge in [0.15, 0.2) is 17.3 Å². The second-order valence-electron chi connectivity index (χ2n) is 6.92. The molecule has 3 atom stereocenters. The van der Waals surface area contributed by atoms with Gasteiger partial charge < -0.3 is 15.8 Å². The van der Waals surface area contributed by atoms with Crippen LogP contribution in [-0.4, -0.2) is 44.7 Å². The molecule has 3 N–H and O–H groups in total. The number of aliphatic hydroxyl groups excluding tert-OH is 1. The maximum absolute atomic E-state index is 14.7. The molecule has 0 saturated carbocycles. The molecule has 1 unspecified atom stereocenters. The summed E-state index contributed by atoms with van der Waals surface area (Å²) in [5.41, 5.74) is -1.58. The monoisotopic (exact) mass is 383 g/mol. The van der Waals surface area contributed by atoms with Crippen molar-refractivity contribution in [3.63, 3.8) is 0 Å². The maximum atomic E-state index is 14.7. The first-order valence-electron chi connectivity index (χ1n) is 8.96. The minimum atomic E-state index is -1.54. The SMILES string of the molecule is CCC(C)n1c(=O)n(N)c(=O)c2cc(F)c(N3CCC[C@H](O)[C@H](F)C3)nc21. The van der Waals surface area contributed by atoms with Gasteiger partial charge in [-0.25, -0.2) is 18.6 Å². The molecule has 0 radical (unpaired) electrons. The number of rotatable bonds is 3. The van der Waals surface area contributed by atoms with E-state index in [4.69, 9.17) is 5.84 Å². The van der Waals surface area contributed by atoms with Gasteiger partial charge in [0.2, 0.25) is 0 Å². The highest BCUT2D eigenvalue weighted by Gasteiger charge is 2.28. The van der Waals surface area contributed by atoms with Crippen molar-refractivity contribution in [1.29, 1.82) is 0 Å². The van der Waals surface area contributed by atoms with E-state index in [1.54, 1.807) is 6.92 Å². The lowest BCUT2D eigenvalue weighted by atomic mass is 10.1. The fraction of sp³-hybridized carbons (Fsp3) is 0.588. The summed E-state index contributed by atoms with van der Waals surface area (Å²) in [6.07, 6.45) is -1.37. The minimum absolute atomic E-state index is 0.0117.